The third kappa shape index (κ3) is 34.8. The molecule has 61 heavy (non-hydrogen) atoms. The Kier molecular flexibility index (Phi) is 38.7. The van der Waals surface area contributed by atoms with Gasteiger partial charge >= 0.3 is 11.9 Å². The molecule has 1 heterocycles. The smallest absolute Gasteiger partial charge is 0.306 e. The average molecular weight is 857 g/mol. The van der Waals surface area contributed by atoms with Crippen molar-refractivity contribution < 1.29 is 19.1 Å². The molecule has 0 aliphatic rings. The Morgan fingerprint density at radius 1 is 0.590 bits per heavy atom. The molecule has 0 aliphatic carbocycles. The fourth-order valence-electron chi connectivity index (χ4n) is 8.53. The number of nitrogens with one attached hydrogen (secondary N) is 1. The lowest BCUT2D eigenvalue weighted by Crippen LogP contribution is -2.28. The number of carbonyl (C=O) groups excluding carboxylic acids is 2. The predicted octanol–water partition coefficient (Wildman–Crippen LogP) is 15.2. The molecule has 3 N–H and O–H groups in total. The van der Waals surface area contributed by atoms with Gasteiger partial charge in [-0.25, -0.2) is 4.98 Å². The van der Waals surface area contributed by atoms with Crippen LogP contribution in [0, 0.1) is 5.92 Å². The molecule has 3 atom stereocenters. The van der Waals surface area contributed by atoms with Gasteiger partial charge in [-0.3, -0.25) is 9.59 Å². The second-order valence-electron chi connectivity index (χ2n) is 18.5. The molecular formula is C53H100N4O4. The fourth-order valence-corrected chi connectivity index (χ4v) is 8.53. The van der Waals surface area contributed by atoms with E-state index in [2.05, 4.69) is 49.8 Å². The number of pyridine rings is 1. The second kappa shape index (κ2) is 41.6. The van der Waals surface area contributed by atoms with Crippen LogP contribution in [-0.4, -0.2) is 60.2 Å². The molecule has 0 aliphatic heterocycles. The normalized spacial score (nSPS) is 13.0. The van der Waals surface area contributed by atoms with Crippen LogP contribution in [0.3, 0.4) is 0 Å². The molecule has 8 heteroatoms. The summed E-state index contributed by atoms with van der Waals surface area (Å²) in [5.74, 6) is 1.40. The number of ether oxygens (including phenoxy) is 2. The maximum Gasteiger partial charge on any atom is 0.306 e. The number of nitrogens with two attached hydrogens (primary N) is 1. The van der Waals surface area contributed by atoms with Crippen LogP contribution in [0.4, 0.5) is 11.5 Å². The van der Waals surface area contributed by atoms with Crippen LogP contribution in [0.5, 0.6) is 0 Å². The van der Waals surface area contributed by atoms with Crippen LogP contribution >= 0.6 is 0 Å². The highest BCUT2D eigenvalue weighted by atomic mass is 16.5. The number of nitrogen functional groups attached to an aromatic ring is 1. The van der Waals surface area contributed by atoms with Crippen LogP contribution < -0.4 is 11.1 Å². The van der Waals surface area contributed by atoms with Crippen LogP contribution in [-0.2, 0) is 19.1 Å². The predicted molar refractivity (Wildman–Crippen MR) is 262 cm³/mol. The summed E-state index contributed by atoms with van der Waals surface area (Å²) in [6, 6.07) is 3.75. The van der Waals surface area contributed by atoms with Gasteiger partial charge in [-0.2, -0.15) is 0 Å². The highest BCUT2D eigenvalue weighted by Crippen LogP contribution is 2.23. The van der Waals surface area contributed by atoms with Crippen molar-refractivity contribution in [3.8, 4) is 0 Å². The summed E-state index contributed by atoms with van der Waals surface area (Å²) < 4.78 is 12.0. The van der Waals surface area contributed by atoms with Gasteiger partial charge in [0.2, 0.25) is 0 Å². The number of hydrogen-bond donors (Lipinski definition) is 2. The Bertz CT molecular complexity index is 1140. The topological polar surface area (TPSA) is 107 Å². The lowest BCUT2D eigenvalue weighted by molar-refractivity contribution is -0.151. The van der Waals surface area contributed by atoms with Crippen molar-refractivity contribution in [3.63, 3.8) is 0 Å². The maximum atomic E-state index is 13.0. The first kappa shape index (κ1) is 56.7. The first-order chi connectivity index (χ1) is 29.8. The molecular weight excluding hydrogens is 757 g/mol. The molecule has 8 nitrogen and oxygen atoms in total. The van der Waals surface area contributed by atoms with E-state index in [1.165, 1.54) is 135 Å². The Balaban J connectivity index is 2.41. The van der Waals surface area contributed by atoms with Gasteiger partial charge in [-0.05, 0) is 108 Å². The Morgan fingerprint density at radius 2 is 1.03 bits per heavy atom. The molecule has 1 rings (SSSR count). The van der Waals surface area contributed by atoms with Crippen molar-refractivity contribution >= 4 is 23.4 Å². The van der Waals surface area contributed by atoms with E-state index in [-0.39, 0.29) is 24.1 Å². The van der Waals surface area contributed by atoms with Crippen LogP contribution in [0.25, 0.3) is 0 Å². The zero-order valence-corrected chi connectivity index (χ0v) is 40.9. The first-order valence-electron chi connectivity index (χ1n) is 26.4. The molecule has 1 aromatic heterocycles. The van der Waals surface area contributed by atoms with Gasteiger partial charge in [-0.15, -0.1) is 0 Å². The lowest BCUT2D eigenvalue weighted by atomic mass is 9.94. The molecule has 0 amide bonds. The summed E-state index contributed by atoms with van der Waals surface area (Å²) >= 11 is 0. The number of unbranched alkanes of at least 4 members (excludes halogenated alkanes) is 21. The minimum absolute atomic E-state index is 0.00841. The van der Waals surface area contributed by atoms with Gasteiger partial charge < -0.3 is 25.4 Å². The zero-order chi connectivity index (χ0) is 44.4. The molecule has 0 aromatic carbocycles. The fraction of sp³-hybridized carbons (Fsp3) is 0.868. The molecule has 0 radical (unpaired) electrons. The Morgan fingerprint density at radius 3 is 1.57 bits per heavy atom. The maximum absolute atomic E-state index is 13.0. The van der Waals surface area contributed by atoms with Crippen LogP contribution in [0.15, 0.2) is 18.3 Å². The first-order valence-corrected chi connectivity index (χ1v) is 26.4. The summed E-state index contributed by atoms with van der Waals surface area (Å²) in [5, 5.41) is 3.42. The van der Waals surface area contributed by atoms with Crippen molar-refractivity contribution in [1.29, 1.82) is 0 Å². The third-order valence-corrected chi connectivity index (χ3v) is 12.5. The number of aromatic nitrogens is 1. The summed E-state index contributed by atoms with van der Waals surface area (Å²) in [6.45, 7) is 15.4. The van der Waals surface area contributed by atoms with E-state index in [9.17, 15) is 9.59 Å². The SMILES string of the molecule is CCCCCCCCC(CC)OC(=O)CCCCCCCN(CCCCCCCC(=O)OC(CCCCCCCC)C[C@H](C)CCCCCC)CCCNc1ncccc1N. The Hall–Kier alpha value is -2.35. The number of carbonyl (C=O) groups is 2. The largest absolute Gasteiger partial charge is 0.462 e. The number of rotatable bonds is 45. The molecule has 2 unspecified atom stereocenters. The minimum atomic E-state index is -0.00841. The quantitative estimate of drug-likeness (QED) is 0.0493. The third-order valence-electron chi connectivity index (χ3n) is 12.5. The summed E-state index contributed by atoms with van der Waals surface area (Å²) in [5.41, 5.74) is 6.79. The van der Waals surface area contributed by atoms with E-state index < -0.39 is 0 Å². The molecule has 0 fully saturated rings. The van der Waals surface area contributed by atoms with Crippen molar-refractivity contribution in [2.75, 3.05) is 37.2 Å². The molecule has 0 saturated carbocycles. The summed E-state index contributed by atoms with van der Waals surface area (Å²) in [6.07, 6.45) is 40.9. The van der Waals surface area contributed by atoms with E-state index in [1.807, 2.05) is 12.1 Å². The van der Waals surface area contributed by atoms with Gasteiger partial charge in [-0.1, -0.05) is 169 Å². The van der Waals surface area contributed by atoms with E-state index in [4.69, 9.17) is 15.2 Å². The lowest BCUT2D eigenvalue weighted by Gasteiger charge is -2.23. The average Bonchev–Trinajstić information content (AvgIpc) is 3.25. The standard InChI is InChI=1S/C53H100N4O4/c1-6-10-13-16-20-27-36-48(9-4)60-51(58)39-29-22-18-24-31-43-57(45-34-42-56-53-50(54)38-33-41-55-53)44-32-25-19-23-30-40-52(59)61-49(37-28-21-17-14-11-7-2)46-47(5)35-26-15-12-8-3/h33,38,41,47-49H,6-32,34-37,39-40,42-46,54H2,1-5H3,(H,55,56)/t47-,48?,49?/m1/s1. The molecule has 0 saturated heterocycles. The van der Waals surface area contributed by atoms with Gasteiger partial charge in [0.25, 0.3) is 0 Å². The number of hydrogen-bond acceptors (Lipinski definition) is 8. The summed E-state index contributed by atoms with van der Waals surface area (Å²) in [7, 11) is 0. The number of esters is 2. The molecule has 0 spiro atoms. The van der Waals surface area contributed by atoms with E-state index in [0.717, 1.165) is 103 Å². The second-order valence-corrected chi connectivity index (χ2v) is 18.5. The van der Waals surface area contributed by atoms with Crippen molar-refractivity contribution in [1.82, 2.24) is 9.88 Å². The van der Waals surface area contributed by atoms with Crippen molar-refractivity contribution in [2.24, 2.45) is 5.92 Å². The van der Waals surface area contributed by atoms with Gasteiger partial charge in [0.05, 0.1) is 5.69 Å². The Labute approximate surface area is 377 Å². The van der Waals surface area contributed by atoms with E-state index in [1.54, 1.807) is 6.20 Å². The van der Waals surface area contributed by atoms with Crippen LogP contribution in [0.2, 0.25) is 0 Å². The molecule has 1 aromatic rings. The number of anilines is 2. The van der Waals surface area contributed by atoms with E-state index in [0.29, 0.717) is 24.4 Å². The minimum Gasteiger partial charge on any atom is -0.462 e. The molecule has 356 valence electrons. The van der Waals surface area contributed by atoms with E-state index >= 15 is 0 Å². The van der Waals surface area contributed by atoms with Gasteiger partial charge in [0.15, 0.2) is 0 Å². The molecule has 0 bridgehead atoms. The highest BCUT2D eigenvalue weighted by molar-refractivity contribution is 5.69. The number of nitrogens with zero attached hydrogens (tertiary/aromatic N) is 2. The van der Waals surface area contributed by atoms with Gasteiger partial charge in [0.1, 0.15) is 18.0 Å². The highest BCUT2D eigenvalue weighted by Gasteiger charge is 2.18. The van der Waals surface area contributed by atoms with Crippen molar-refractivity contribution in [2.45, 2.75) is 265 Å². The summed E-state index contributed by atoms with van der Waals surface area (Å²) in [4.78, 5) is 32.5. The zero-order valence-electron chi connectivity index (χ0n) is 40.9. The van der Waals surface area contributed by atoms with Gasteiger partial charge in [0, 0.05) is 25.6 Å². The van der Waals surface area contributed by atoms with Crippen LogP contribution in [0.1, 0.15) is 253 Å². The van der Waals surface area contributed by atoms with Crippen molar-refractivity contribution in [3.05, 3.63) is 18.3 Å². The monoisotopic (exact) mass is 857 g/mol.